The van der Waals surface area contributed by atoms with Crippen LogP contribution >= 0.6 is 0 Å². The van der Waals surface area contributed by atoms with Gasteiger partial charge < -0.3 is 9.53 Å². The number of benzene rings is 1. The highest BCUT2D eigenvalue weighted by atomic mass is 16.5. The Morgan fingerprint density at radius 2 is 1.88 bits per heavy atom. The van der Waals surface area contributed by atoms with Gasteiger partial charge in [0.15, 0.2) is 0 Å². The van der Waals surface area contributed by atoms with Crippen LogP contribution in [-0.4, -0.2) is 13.4 Å². The molecule has 0 radical (unpaired) electrons. The minimum atomic E-state index is 0.324. The fourth-order valence-electron chi connectivity index (χ4n) is 1.39. The molecule has 2 heteroatoms. The number of hydrogen-bond donors (Lipinski definition) is 0. The topological polar surface area (TPSA) is 26.3 Å². The standard InChI is InChI=1S/C8H16O.C7H8O/c1-3-5-6-8(4-2)7-9;1-8-7-5-3-2-4-6-7/h7-8H,3-6H2,1-2H3;2-6H,1H3. The molecular weight excluding hydrogens is 212 g/mol. The van der Waals surface area contributed by atoms with Crippen LogP contribution in [0.5, 0.6) is 5.75 Å². The summed E-state index contributed by atoms with van der Waals surface area (Å²) >= 11 is 0. The van der Waals surface area contributed by atoms with E-state index in [0.29, 0.717) is 5.92 Å². The van der Waals surface area contributed by atoms with E-state index in [1.54, 1.807) is 7.11 Å². The summed E-state index contributed by atoms with van der Waals surface area (Å²) in [5.74, 6) is 1.23. The van der Waals surface area contributed by atoms with E-state index in [1.807, 2.05) is 30.3 Å². The lowest BCUT2D eigenvalue weighted by molar-refractivity contribution is -0.111. The SMILES string of the molecule is CCCCC(C=O)CC.COc1ccccc1. The van der Waals surface area contributed by atoms with Gasteiger partial charge in [0, 0.05) is 5.92 Å². The molecule has 0 fully saturated rings. The number of carbonyl (C=O) groups is 1. The van der Waals surface area contributed by atoms with Crippen molar-refractivity contribution in [2.75, 3.05) is 7.11 Å². The summed E-state index contributed by atoms with van der Waals surface area (Å²) in [5, 5.41) is 0. The highest BCUT2D eigenvalue weighted by molar-refractivity contribution is 5.53. The van der Waals surface area contributed by atoms with Gasteiger partial charge in [-0.25, -0.2) is 0 Å². The molecule has 0 aliphatic rings. The zero-order valence-corrected chi connectivity index (χ0v) is 11.2. The zero-order chi connectivity index (χ0) is 12.9. The molecule has 0 saturated heterocycles. The molecule has 1 aromatic carbocycles. The normalized spacial score (nSPS) is 11.0. The minimum absolute atomic E-state index is 0.324. The van der Waals surface area contributed by atoms with Crippen LogP contribution in [0.25, 0.3) is 0 Å². The Kier molecular flexibility index (Phi) is 10.3. The van der Waals surface area contributed by atoms with Gasteiger partial charge in [-0.15, -0.1) is 0 Å². The molecule has 1 unspecified atom stereocenters. The lowest BCUT2D eigenvalue weighted by atomic mass is 10.0. The maximum Gasteiger partial charge on any atom is 0.123 e. The van der Waals surface area contributed by atoms with Gasteiger partial charge in [0.1, 0.15) is 12.0 Å². The van der Waals surface area contributed by atoms with Crippen LogP contribution in [0, 0.1) is 5.92 Å². The number of aldehydes is 1. The molecule has 96 valence electrons. The second-order valence-electron chi connectivity index (χ2n) is 3.96. The van der Waals surface area contributed by atoms with E-state index >= 15 is 0 Å². The third kappa shape index (κ3) is 8.49. The van der Waals surface area contributed by atoms with Crippen LogP contribution in [0.3, 0.4) is 0 Å². The average Bonchev–Trinajstić information content (AvgIpc) is 2.42. The van der Waals surface area contributed by atoms with E-state index in [-0.39, 0.29) is 0 Å². The summed E-state index contributed by atoms with van der Waals surface area (Å²) in [6, 6.07) is 9.68. The molecule has 1 aromatic rings. The Morgan fingerprint density at radius 1 is 1.24 bits per heavy atom. The van der Waals surface area contributed by atoms with Crippen molar-refractivity contribution in [2.45, 2.75) is 39.5 Å². The molecule has 2 nitrogen and oxygen atoms in total. The lowest BCUT2D eigenvalue weighted by Gasteiger charge is -2.03. The van der Waals surface area contributed by atoms with E-state index in [2.05, 4.69) is 13.8 Å². The molecule has 0 N–H and O–H groups in total. The first-order valence-electron chi connectivity index (χ1n) is 6.32. The third-order valence-electron chi connectivity index (χ3n) is 2.62. The summed E-state index contributed by atoms with van der Waals surface area (Å²) in [6.45, 7) is 4.21. The van der Waals surface area contributed by atoms with Gasteiger partial charge in [0.25, 0.3) is 0 Å². The molecule has 0 heterocycles. The van der Waals surface area contributed by atoms with Crippen molar-refractivity contribution in [3.63, 3.8) is 0 Å². The Hall–Kier alpha value is -1.31. The number of methoxy groups -OCH3 is 1. The second-order valence-corrected chi connectivity index (χ2v) is 3.96. The maximum atomic E-state index is 10.2. The third-order valence-corrected chi connectivity index (χ3v) is 2.62. The number of para-hydroxylation sites is 1. The minimum Gasteiger partial charge on any atom is -0.497 e. The maximum absolute atomic E-state index is 10.2. The Bertz CT molecular complexity index is 270. The van der Waals surface area contributed by atoms with E-state index in [4.69, 9.17) is 4.74 Å². The predicted octanol–water partition coefficient (Wildman–Crippen LogP) is 4.10. The summed E-state index contributed by atoms with van der Waals surface area (Å²) in [5.41, 5.74) is 0. The van der Waals surface area contributed by atoms with Gasteiger partial charge in [0.2, 0.25) is 0 Å². The number of hydrogen-bond acceptors (Lipinski definition) is 2. The van der Waals surface area contributed by atoms with Crippen LogP contribution < -0.4 is 4.74 Å². The lowest BCUT2D eigenvalue weighted by Crippen LogP contribution is -1.98. The van der Waals surface area contributed by atoms with E-state index < -0.39 is 0 Å². The summed E-state index contributed by atoms with van der Waals surface area (Å²) < 4.78 is 4.91. The van der Waals surface area contributed by atoms with Gasteiger partial charge >= 0.3 is 0 Å². The molecular formula is C15H24O2. The number of carbonyl (C=O) groups excluding carboxylic acids is 1. The largest absolute Gasteiger partial charge is 0.497 e. The van der Waals surface area contributed by atoms with Crippen molar-refractivity contribution < 1.29 is 9.53 Å². The first kappa shape index (κ1) is 15.7. The molecule has 17 heavy (non-hydrogen) atoms. The fourth-order valence-corrected chi connectivity index (χ4v) is 1.39. The average molecular weight is 236 g/mol. The van der Waals surface area contributed by atoms with Gasteiger partial charge in [0.05, 0.1) is 7.11 Å². The van der Waals surface area contributed by atoms with Crippen LogP contribution in [0.4, 0.5) is 0 Å². The van der Waals surface area contributed by atoms with E-state index in [0.717, 1.165) is 24.9 Å². The smallest absolute Gasteiger partial charge is 0.123 e. The Labute approximate surface area is 105 Å². The molecule has 0 spiro atoms. The molecule has 1 atom stereocenters. The zero-order valence-electron chi connectivity index (χ0n) is 11.2. The highest BCUT2D eigenvalue weighted by Crippen LogP contribution is 2.08. The first-order valence-corrected chi connectivity index (χ1v) is 6.32. The molecule has 0 saturated carbocycles. The fraction of sp³-hybridized carbons (Fsp3) is 0.533. The van der Waals surface area contributed by atoms with Gasteiger partial charge in [-0.3, -0.25) is 0 Å². The van der Waals surface area contributed by atoms with Crippen molar-refractivity contribution in [3.8, 4) is 5.75 Å². The molecule has 0 amide bonds. The van der Waals surface area contributed by atoms with Crippen molar-refractivity contribution in [2.24, 2.45) is 5.92 Å². The van der Waals surface area contributed by atoms with Crippen LogP contribution in [0.15, 0.2) is 30.3 Å². The number of rotatable bonds is 6. The first-order chi connectivity index (χ1) is 8.28. The van der Waals surface area contributed by atoms with E-state index in [9.17, 15) is 4.79 Å². The van der Waals surface area contributed by atoms with Crippen LogP contribution in [0.1, 0.15) is 39.5 Å². The van der Waals surface area contributed by atoms with Gasteiger partial charge in [-0.2, -0.15) is 0 Å². The Balaban J connectivity index is 0.000000302. The summed E-state index contributed by atoms with van der Waals surface area (Å²) in [6.07, 6.45) is 5.55. The van der Waals surface area contributed by atoms with Crippen molar-refractivity contribution in [1.82, 2.24) is 0 Å². The molecule has 0 aliphatic carbocycles. The molecule has 1 rings (SSSR count). The quantitative estimate of drug-likeness (QED) is 0.695. The van der Waals surface area contributed by atoms with Gasteiger partial charge in [-0.05, 0) is 25.0 Å². The van der Waals surface area contributed by atoms with Crippen LogP contribution in [-0.2, 0) is 4.79 Å². The molecule has 0 aliphatic heterocycles. The van der Waals surface area contributed by atoms with E-state index in [1.165, 1.54) is 12.8 Å². The molecule has 0 aromatic heterocycles. The summed E-state index contributed by atoms with van der Waals surface area (Å²) in [7, 11) is 1.66. The van der Waals surface area contributed by atoms with Crippen LogP contribution in [0.2, 0.25) is 0 Å². The summed E-state index contributed by atoms with van der Waals surface area (Å²) in [4.78, 5) is 10.2. The number of ether oxygens (including phenoxy) is 1. The van der Waals surface area contributed by atoms with Crippen molar-refractivity contribution in [1.29, 1.82) is 0 Å². The number of unbranched alkanes of at least 4 members (excludes halogenated alkanes) is 1. The predicted molar refractivity (Wildman–Crippen MR) is 72.4 cm³/mol. The second kappa shape index (κ2) is 11.2. The van der Waals surface area contributed by atoms with Gasteiger partial charge in [-0.1, -0.05) is 44.9 Å². The Morgan fingerprint density at radius 3 is 2.24 bits per heavy atom. The monoisotopic (exact) mass is 236 g/mol. The molecule has 0 bridgehead atoms. The highest BCUT2D eigenvalue weighted by Gasteiger charge is 2.01. The van der Waals surface area contributed by atoms with Crippen molar-refractivity contribution in [3.05, 3.63) is 30.3 Å². The van der Waals surface area contributed by atoms with Crippen molar-refractivity contribution >= 4 is 6.29 Å².